The van der Waals surface area contributed by atoms with E-state index in [1.807, 2.05) is 20.8 Å². The first-order valence-corrected chi connectivity index (χ1v) is 6.79. The SMILES string of the molecule is CCCOc1ccc(C(=O)O)c(OC(CC)CC)c1. The number of carboxylic acid groups (broad SMARTS) is 1. The smallest absolute Gasteiger partial charge is 0.339 e. The molecule has 0 radical (unpaired) electrons. The fraction of sp³-hybridized carbons (Fsp3) is 0.533. The van der Waals surface area contributed by atoms with Crippen molar-refractivity contribution in [1.29, 1.82) is 0 Å². The normalized spacial score (nSPS) is 10.5. The van der Waals surface area contributed by atoms with Gasteiger partial charge in [-0.25, -0.2) is 4.79 Å². The highest BCUT2D eigenvalue weighted by molar-refractivity contribution is 5.91. The number of rotatable bonds is 8. The third-order valence-electron chi connectivity index (χ3n) is 2.86. The van der Waals surface area contributed by atoms with Crippen molar-refractivity contribution < 1.29 is 19.4 Å². The van der Waals surface area contributed by atoms with Gasteiger partial charge in [-0.1, -0.05) is 20.8 Å². The summed E-state index contributed by atoms with van der Waals surface area (Å²) in [4.78, 5) is 11.2. The van der Waals surface area contributed by atoms with Crippen molar-refractivity contribution in [2.45, 2.75) is 46.1 Å². The molecule has 1 N–H and O–H groups in total. The van der Waals surface area contributed by atoms with Crippen molar-refractivity contribution in [2.75, 3.05) is 6.61 Å². The second kappa shape index (κ2) is 7.67. The fourth-order valence-electron chi connectivity index (χ4n) is 1.72. The van der Waals surface area contributed by atoms with E-state index < -0.39 is 5.97 Å². The minimum atomic E-state index is -0.983. The number of benzene rings is 1. The van der Waals surface area contributed by atoms with Gasteiger partial charge in [-0.05, 0) is 31.4 Å². The van der Waals surface area contributed by atoms with E-state index in [2.05, 4.69) is 0 Å². The zero-order chi connectivity index (χ0) is 14.3. The minimum Gasteiger partial charge on any atom is -0.493 e. The quantitative estimate of drug-likeness (QED) is 0.778. The monoisotopic (exact) mass is 266 g/mol. The zero-order valence-electron chi connectivity index (χ0n) is 11.8. The maximum Gasteiger partial charge on any atom is 0.339 e. The molecule has 1 aromatic carbocycles. The van der Waals surface area contributed by atoms with Gasteiger partial charge in [0, 0.05) is 6.07 Å². The van der Waals surface area contributed by atoms with Gasteiger partial charge in [0.05, 0.1) is 12.7 Å². The lowest BCUT2D eigenvalue weighted by Gasteiger charge is -2.18. The molecular weight excluding hydrogens is 244 g/mol. The number of hydrogen-bond acceptors (Lipinski definition) is 3. The van der Waals surface area contributed by atoms with Crippen LogP contribution >= 0.6 is 0 Å². The Morgan fingerprint density at radius 3 is 2.47 bits per heavy atom. The Morgan fingerprint density at radius 1 is 1.26 bits per heavy atom. The molecule has 0 bridgehead atoms. The molecule has 106 valence electrons. The highest BCUT2D eigenvalue weighted by Gasteiger charge is 2.15. The molecular formula is C15H22O4. The van der Waals surface area contributed by atoms with Crippen LogP contribution in [0, 0.1) is 0 Å². The summed E-state index contributed by atoms with van der Waals surface area (Å²) in [5.74, 6) is 0.0469. The van der Waals surface area contributed by atoms with Crippen LogP contribution in [0.25, 0.3) is 0 Å². The Morgan fingerprint density at radius 2 is 1.95 bits per heavy atom. The molecule has 0 saturated heterocycles. The molecule has 0 amide bonds. The van der Waals surface area contributed by atoms with Crippen LogP contribution in [-0.4, -0.2) is 23.8 Å². The summed E-state index contributed by atoms with van der Waals surface area (Å²) < 4.78 is 11.3. The van der Waals surface area contributed by atoms with Crippen LogP contribution in [0.5, 0.6) is 11.5 Å². The molecule has 1 rings (SSSR count). The molecule has 0 atom stereocenters. The van der Waals surface area contributed by atoms with Crippen LogP contribution < -0.4 is 9.47 Å². The topological polar surface area (TPSA) is 55.8 Å². The van der Waals surface area contributed by atoms with Crippen LogP contribution in [0.4, 0.5) is 0 Å². The van der Waals surface area contributed by atoms with E-state index in [1.165, 1.54) is 6.07 Å². The van der Waals surface area contributed by atoms with Gasteiger partial charge in [0.15, 0.2) is 0 Å². The summed E-state index contributed by atoms with van der Waals surface area (Å²) in [6, 6.07) is 4.86. The first-order valence-electron chi connectivity index (χ1n) is 6.79. The third kappa shape index (κ3) is 4.47. The molecule has 4 heteroatoms. The van der Waals surface area contributed by atoms with E-state index in [4.69, 9.17) is 9.47 Å². The summed E-state index contributed by atoms with van der Waals surface area (Å²) in [5.41, 5.74) is 0.177. The lowest BCUT2D eigenvalue weighted by atomic mass is 10.1. The highest BCUT2D eigenvalue weighted by atomic mass is 16.5. The van der Waals surface area contributed by atoms with E-state index in [0.717, 1.165) is 19.3 Å². The van der Waals surface area contributed by atoms with E-state index in [-0.39, 0.29) is 11.7 Å². The molecule has 0 aliphatic carbocycles. The van der Waals surface area contributed by atoms with Gasteiger partial charge in [-0.3, -0.25) is 0 Å². The van der Waals surface area contributed by atoms with Crippen LogP contribution in [0.2, 0.25) is 0 Å². The molecule has 0 aliphatic rings. The Balaban J connectivity index is 2.97. The standard InChI is InChI=1S/C15H22O4/c1-4-9-18-12-7-8-13(15(16)17)14(10-12)19-11(5-2)6-3/h7-8,10-11H,4-6,9H2,1-3H3,(H,16,17). The van der Waals surface area contributed by atoms with E-state index in [1.54, 1.807) is 12.1 Å². The molecule has 4 nitrogen and oxygen atoms in total. The molecule has 19 heavy (non-hydrogen) atoms. The summed E-state index contributed by atoms with van der Waals surface area (Å²) >= 11 is 0. The summed E-state index contributed by atoms with van der Waals surface area (Å²) in [6.07, 6.45) is 2.62. The summed E-state index contributed by atoms with van der Waals surface area (Å²) in [7, 11) is 0. The van der Waals surface area contributed by atoms with Crippen LogP contribution in [0.3, 0.4) is 0 Å². The van der Waals surface area contributed by atoms with E-state index in [0.29, 0.717) is 18.1 Å². The Kier molecular flexibility index (Phi) is 6.19. The van der Waals surface area contributed by atoms with Crippen molar-refractivity contribution in [3.63, 3.8) is 0 Å². The molecule has 0 heterocycles. The molecule has 0 saturated carbocycles. The molecule has 0 fully saturated rings. The Bertz CT molecular complexity index is 411. The highest BCUT2D eigenvalue weighted by Crippen LogP contribution is 2.27. The van der Waals surface area contributed by atoms with Crippen LogP contribution in [0.1, 0.15) is 50.4 Å². The molecule has 0 unspecified atom stereocenters. The second-order valence-corrected chi connectivity index (χ2v) is 4.37. The lowest BCUT2D eigenvalue weighted by molar-refractivity contribution is 0.0688. The molecule has 0 aliphatic heterocycles. The third-order valence-corrected chi connectivity index (χ3v) is 2.86. The predicted molar refractivity (Wildman–Crippen MR) is 74.2 cm³/mol. The summed E-state index contributed by atoms with van der Waals surface area (Å²) in [6.45, 7) is 6.67. The van der Waals surface area contributed by atoms with Gasteiger partial charge in [0.25, 0.3) is 0 Å². The average Bonchev–Trinajstić information content (AvgIpc) is 2.42. The zero-order valence-corrected chi connectivity index (χ0v) is 11.8. The fourth-order valence-corrected chi connectivity index (χ4v) is 1.72. The number of carboxylic acids is 1. The molecule has 0 aromatic heterocycles. The second-order valence-electron chi connectivity index (χ2n) is 4.37. The van der Waals surface area contributed by atoms with Gasteiger partial charge in [0.1, 0.15) is 17.1 Å². The Hall–Kier alpha value is -1.71. The summed E-state index contributed by atoms with van der Waals surface area (Å²) in [5, 5.41) is 9.17. The van der Waals surface area contributed by atoms with Gasteiger partial charge < -0.3 is 14.6 Å². The molecule has 1 aromatic rings. The van der Waals surface area contributed by atoms with Gasteiger partial charge in [-0.2, -0.15) is 0 Å². The van der Waals surface area contributed by atoms with Gasteiger partial charge >= 0.3 is 5.97 Å². The first kappa shape index (κ1) is 15.3. The predicted octanol–water partition coefficient (Wildman–Crippen LogP) is 3.74. The van der Waals surface area contributed by atoms with Crippen molar-refractivity contribution in [2.24, 2.45) is 0 Å². The number of hydrogen-bond donors (Lipinski definition) is 1. The maximum absolute atomic E-state index is 11.2. The minimum absolute atomic E-state index is 0.0273. The van der Waals surface area contributed by atoms with Gasteiger partial charge in [0.2, 0.25) is 0 Å². The van der Waals surface area contributed by atoms with Crippen molar-refractivity contribution in [1.82, 2.24) is 0 Å². The van der Waals surface area contributed by atoms with Crippen LogP contribution in [-0.2, 0) is 0 Å². The number of aromatic carboxylic acids is 1. The van der Waals surface area contributed by atoms with Gasteiger partial charge in [-0.15, -0.1) is 0 Å². The number of carbonyl (C=O) groups is 1. The number of ether oxygens (including phenoxy) is 2. The van der Waals surface area contributed by atoms with Crippen LogP contribution in [0.15, 0.2) is 18.2 Å². The molecule has 0 spiro atoms. The lowest BCUT2D eigenvalue weighted by Crippen LogP contribution is -2.16. The van der Waals surface area contributed by atoms with E-state index >= 15 is 0 Å². The average molecular weight is 266 g/mol. The first-order chi connectivity index (χ1) is 9.12. The largest absolute Gasteiger partial charge is 0.493 e. The van der Waals surface area contributed by atoms with E-state index in [9.17, 15) is 9.90 Å². The Labute approximate surface area is 114 Å². The van der Waals surface area contributed by atoms with Crippen molar-refractivity contribution >= 4 is 5.97 Å². The maximum atomic E-state index is 11.2. The van der Waals surface area contributed by atoms with Crippen molar-refractivity contribution in [3.05, 3.63) is 23.8 Å². The van der Waals surface area contributed by atoms with Crippen molar-refractivity contribution in [3.8, 4) is 11.5 Å².